The van der Waals surface area contributed by atoms with Gasteiger partial charge in [-0.3, -0.25) is 4.79 Å². The molecule has 3 rings (SSSR count). The van der Waals surface area contributed by atoms with E-state index in [1.54, 1.807) is 43.5 Å². The summed E-state index contributed by atoms with van der Waals surface area (Å²) >= 11 is 0. The fraction of sp³-hybridized carbons (Fsp3) is 0.174. The van der Waals surface area contributed by atoms with Crippen LogP contribution in [0.15, 0.2) is 60.8 Å². The Morgan fingerprint density at radius 3 is 2.55 bits per heavy atom. The van der Waals surface area contributed by atoms with Gasteiger partial charge in [0.15, 0.2) is 0 Å². The molecule has 1 aromatic heterocycles. The summed E-state index contributed by atoms with van der Waals surface area (Å²) in [5, 5.41) is 6.04. The van der Waals surface area contributed by atoms with Gasteiger partial charge < -0.3 is 15.4 Å². The lowest BCUT2D eigenvalue weighted by molar-refractivity contribution is 0.0527. The predicted molar refractivity (Wildman–Crippen MR) is 114 cm³/mol. The molecule has 29 heavy (non-hydrogen) atoms. The van der Waals surface area contributed by atoms with Crippen LogP contribution < -0.4 is 10.6 Å². The van der Waals surface area contributed by atoms with Crippen LogP contribution in [0, 0.1) is 13.8 Å². The molecule has 0 spiro atoms. The Kier molecular flexibility index (Phi) is 6.24. The smallest absolute Gasteiger partial charge is 0.340 e. The van der Waals surface area contributed by atoms with Gasteiger partial charge in [-0.15, -0.1) is 0 Å². The number of carbonyl (C=O) groups is 2. The molecular formula is C23H23N3O3. The van der Waals surface area contributed by atoms with Crippen molar-refractivity contribution in [2.24, 2.45) is 0 Å². The summed E-state index contributed by atoms with van der Waals surface area (Å²) in [4.78, 5) is 29.1. The zero-order valence-electron chi connectivity index (χ0n) is 16.7. The largest absolute Gasteiger partial charge is 0.462 e. The molecule has 1 amide bonds. The number of benzene rings is 2. The van der Waals surface area contributed by atoms with E-state index in [0.717, 1.165) is 16.8 Å². The van der Waals surface area contributed by atoms with Gasteiger partial charge >= 0.3 is 5.97 Å². The number of esters is 1. The summed E-state index contributed by atoms with van der Waals surface area (Å²) in [7, 11) is 0. The van der Waals surface area contributed by atoms with Crippen LogP contribution in [0.5, 0.6) is 0 Å². The first-order valence-corrected chi connectivity index (χ1v) is 9.36. The average molecular weight is 389 g/mol. The SMILES string of the molecule is CCOC(=O)c1ccccc1Nc1cc(C(=O)Nc2cccc(C)c2C)ccn1. The van der Waals surface area contributed by atoms with E-state index >= 15 is 0 Å². The van der Waals surface area contributed by atoms with Gasteiger partial charge in [0, 0.05) is 17.4 Å². The molecule has 6 nitrogen and oxygen atoms in total. The molecule has 2 N–H and O–H groups in total. The molecule has 0 saturated heterocycles. The van der Waals surface area contributed by atoms with Gasteiger partial charge in [0.25, 0.3) is 5.91 Å². The highest BCUT2D eigenvalue weighted by atomic mass is 16.5. The van der Waals surface area contributed by atoms with E-state index in [2.05, 4.69) is 15.6 Å². The minimum atomic E-state index is -0.417. The number of rotatable bonds is 6. The Morgan fingerprint density at radius 2 is 1.76 bits per heavy atom. The maximum Gasteiger partial charge on any atom is 0.340 e. The molecule has 1 heterocycles. The maximum absolute atomic E-state index is 12.7. The van der Waals surface area contributed by atoms with Gasteiger partial charge in [0.05, 0.1) is 17.9 Å². The topological polar surface area (TPSA) is 80.3 Å². The third-order valence-electron chi connectivity index (χ3n) is 4.56. The fourth-order valence-electron chi connectivity index (χ4n) is 2.84. The number of pyridine rings is 1. The molecule has 0 aliphatic rings. The molecule has 0 aliphatic heterocycles. The van der Waals surface area contributed by atoms with Crippen molar-refractivity contribution in [1.29, 1.82) is 0 Å². The van der Waals surface area contributed by atoms with Crippen molar-refractivity contribution in [3.05, 3.63) is 83.0 Å². The van der Waals surface area contributed by atoms with Crippen molar-refractivity contribution >= 4 is 29.1 Å². The number of carbonyl (C=O) groups excluding carboxylic acids is 2. The number of anilines is 3. The number of ether oxygens (including phenoxy) is 1. The molecule has 0 aliphatic carbocycles. The average Bonchev–Trinajstić information content (AvgIpc) is 2.72. The summed E-state index contributed by atoms with van der Waals surface area (Å²) in [6, 6.07) is 16.1. The second kappa shape index (κ2) is 9.01. The second-order valence-corrected chi connectivity index (χ2v) is 6.52. The summed E-state index contributed by atoms with van der Waals surface area (Å²) in [6.07, 6.45) is 1.55. The van der Waals surface area contributed by atoms with Crippen LogP contribution in [0.1, 0.15) is 38.8 Å². The highest BCUT2D eigenvalue weighted by Crippen LogP contribution is 2.22. The number of nitrogens with zero attached hydrogens (tertiary/aromatic N) is 1. The molecule has 2 aromatic carbocycles. The standard InChI is InChI=1S/C23H23N3O3/c1-4-29-23(28)18-9-5-6-10-20(18)25-21-14-17(12-13-24-21)22(27)26-19-11-7-8-15(2)16(19)3/h5-14H,4H2,1-3H3,(H,24,25)(H,26,27). The zero-order chi connectivity index (χ0) is 20.8. The minimum Gasteiger partial charge on any atom is -0.462 e. The molecule has 6 heteroatoms. The molecule has 0 unspecified atom stereocenters. The number of aryl methyl sites for hydroxylation is 1. The number of nitrogens with one attached hydrogen (secondary N) is 2. The lowest BCUT2D eigenvalue weighted by atomic mass is 10.1. The van der Waals surface area contributed by atoms with Crippen molar-refractivity contribution in [1.82, 2.24) is 4.98 Å². The van der Waals surface area contributed by atoms with Gasteiger partial charge in [-0.05, 0) is 62.2 Å². The van der Waals surface area contributed by atoms with E-state index in [-0.39, 0.29) is 5.91 Å². The first kappa shape index (κ1) is 20.1. The Labute approximate surface area is 169 Å². The number of aromatic nitrogens is 1. The van der Waals surface area contributed by atoms with E-state index in [0.29, 0.717) is 29.2 Å². The van der Waals surface area contributed by atoms with Crippen LogP contribution in [-0.4, -0.2) is 23.5 Å². The predicted octanol–water partition coefficient (Wildman–Crippen LogP) is 4.87. The monoisotopic (exact) mass is 389 g/mol. The lowest BCUT2D eigenvalue weighted by Gasteiger charge is -2.12. The van der Waals surface area contributed by atoms with Gasteiger partial charge in [0.2, 0.25) is 0 Å². The van der Waals surface area contributed by atoms with Crippen molar-refractivity contribution in [2.45, 2.75) is 20.8 Å². The van der Waals surface area contributed by atoms with E-state index in [1.165, 1.54) is 0 Å². The first-order valence-electron chi connectivity index (χ1n) is 9.36. The minimum absolute atomic E-state index is 0.233. The molecule has 0 fully saturated rings. The Bertz CT molecular complexity index is 1050. The molecule has 3 aromatic rings. The normalized spacial score (nSPS) is 10.3. The van der Waals surface area contributed by atoms with Gasteiger partial charge in [-0.2, -0.15) is 0 Å². The second-order valence-electron chi connectivity index (χ2n) is 6.52. The molecule has 0 radical (unpaired) electrons. The van der Waals surface area contributed by atoms with Gasteiger partial charge in [-0.1, -0.05) is 24.3 Å². The molecule has 0 saturated carbocycles. The van der Waals surface area contributed by atoms with Crippen LogP contribution in [0.25, 0.3) is 0 Å². The highest BCUT2D eigenvalue weighted by Gasteiger charge is 2.14. The van der Waals surface area contributed by atoms with Gasteiger partial charge in [-0.25, -0.2) is 9.78 Å². The van der Waals surface area contributed by atoms with Crippen LogP contribution in [-0.2, 0) is 4.74 Å². The summed E-state index contributed by atoms with van der Waals surface area (Å²) in [5.41, 5.74) is 4.32. The van der Waals surface area contributed by atoms with Crippen molar-refractivity contribution in [3.8, 4) is 0 Å². The summed E-state index contributed by atoms with van der Waals surface area (Å²) in [5.74, 6) is -0.197. The highest BCUT2D eigenvalue weighted by molar-refractivity contribution is 6.05. The van der Waals surface area contributed by atoms with Crippen molar-refractivity contribution < 1.29 is 14.3 Å². The maximum atomic E-state index is 12.7. The quantitative estimate of drug-likeness (QED) is 0.588. The molecule has 148 valence electrons. The van der Waals surface area contributed by atoms with Crippen molar-refractivity contribution in [3.63, 3.8) is 0 Å². The van der Waals surface area contributed by atoms with Crippen LogP contribution >= 0.6 is 0 Å². The van der Waals surface area contributed by atoms with E-state index in [1.807, 2.05) is 38.1 Å². The number of hydrogen-bond acceptors (Lipinski definition) is 5. The Hall–Kier alpha value is -3.67. The Morgan fingerprint density at radius 1 is 1.00 bits per heavy atom. The summed E-state index contributed by atoms with van der Waals surface area (Å²) < 4.78 is 5.09. The van der Waals surface area contributed by atoms with E-state index < -0.39 is 5.97 Å². The fourth-order valence-corrected chi connectivity index (χ4v) is 2.84. The van der Waals surface area contributed by atoms with E-state index in [9.17, 15) is 9.59 Å². The third-order valence-corrected chi connectivity index (χ3v) is 4.56. The summed E-state index contributed by atoms with van der Waals surface area (Å²) in [6.45, 7) is 6.02. The molecular weight excluding hydrogens is 366 g/mol. The van der Waals surface area contributed by atoms with E-state index in [4.69, 9.17) is 4.74 Å². The molecule has 0 atom stereocenters. The third kappa shape index (κ3) is 4.79. The first-order chi connectivity index (χ1) is 14.0. The lowest BCUT2D eigenvalue weighted by Crippen LogP contribution is -2.14. The number of para-hydroxylation sites is 1. The van der Waals surface area contributed by atoms with Crippen LogP contribution in [0.2, 0.25) is 0 Å². The van der Waals surface area contributed by atoms with Crippen LogP contribution in [0.4, 0.5) is 17.2 Å². The van der Waals surface area contributed by atoms with Crippen LogP contribution in [0.3, 0.4) is 0 Å². The van der Waals surface area contributed by atoms with Crippen molar-refractivity contribution in [2.75, 3.05) is 17.2 Å². The molecule has 0 bridgehead atoms. The Balaban J connectivity index is 1.81. The number of hydrogen-bond donors (Lipinski definition) is 2. The zero-order valence-corrected chi connectivity index (χ0v) is 16.7. The van der Waals surface area contributed by atoms with Gasteiger partial charge in [0.1, 0.15) is 5.82 Å². The number of amides is 1.